The molecule has 2 saturated carbocycles. The zero-order chi connectivity index (χ0) is 27.6. The zero-order valence-corrected chi connectivity index (χ0v) is 24.0. The molecule has 1 unspecified atom stereocenters. The van der Waals surface area contributed by atoms with Crippen molar-refractivity contribution in [2.75, 3.05) is 0 Å². The number of carbonyl (C=O) groups excluding carboxylic acids is 2. The highest BCUT2D eigenvalue weighted by Crippen LogP contribution is 2.33. The predicted molar refractivity (Wildman–Crippen MR) is 160 cm³/mol. The van der Waals surface area contributed by atoms with Gasteiger partial charge in [0.15, 0.2) is 0 Å². The summed E-state index contributed by atoms with van der Waals surface area (Å²) in [5, 5.41) is 23.0. The lowest BCUT2D eigenvalue weighted by atomic mass is 9.76. The van der Waals surface area contributed by atoms with Gasteiger partial charge in [-0.25, -0.2) is 0 Å². The summed E-state index contributed by atoms with van der Waals surface area (Å²) >= 11 is 0. The Morgan fingerprint density at radius 1 is 0.850 bits per heavy atom. The van der Waals surface area contributed by atoms with Gasteiger partial charge in [0.2, 0.25) is 11.8 Å². The molecule has 0 heterocycles. The molecule has 4 rings (SSSR count). The minimum Gasteiger partial charge on any atom is -0.384 e. The van der Waals surface area contributed by atoms with Crippen LogP contribution in [0.4, 0.5) is 0 Å². The highest BCUT2D eigenvalue weighted by molar-refractivity contribution is 5.95. The number of amidine groups is 1. The number of halogens is 1. The number of hydrogen-bond donors (Lipinski definition) is 4. The highest BCUT2D eigenvalue weighted by atomic mass is 35.5. The first-order chi connectivity index (χ1) is 18.9. The Bertz CT molecular complexity index is 1160. The molecule has 5 N–H and O–H groups in total. The molecule has 2 amide bonds. The molecule has 214 valence electrons. The van der Waals surface area contributed by atoms with E-state index in [-0.39, 0.29) is 41.9 Å². The Hall–Kier alpha value is -3.37. The van der Waals surface area contributed by atoms with Crippen molar-refractivity contribution in [3.05, 3.63) is 70.8 Å². The maximum Gasteiger partial charge on any atom is 0.243 e. The van der Waals surface area contributed by atoms with Crippen molar-refractivity contribution in [2.24, 2.45) is 23.5 Å². The summed E-state index contributed by atoms with van der Waals surface area (Å²) in [7, 11) is 0. The number of carbonyl (C=O) groups is 2. The second kappa shape index (κ2) is 15.4. The van der Waals surface area contributed by atoms with Crippen molar-refractivity contribution in [2.45, 2.75) is 83.2 Å². The van der Waals surface area contributed by atoms with Gasteiger partial charge < -0.3 is 16.4 Å². The Labute approximate surface area is 244 Å². The molecule has 0 saturated heterocycles. The van der Waals surface area contributed by atoms with Crippen molar-refractivity contribution in [1.82, 2.24) is 10.6 Å². The maximum absolute atomic E-state index is 13.9. The molecule has 8 heteroatoms. The molecule has 2 fully saturated rings. The summed E-state index contributed by atoms with van der Waals surface area (Å²) < 4.78 is 0. The normalized spacial score (nSPS) is 17.5. The molecule has 0 radical (unpaired) electrons. The molecule has 2 aromatic rings. The first-order valence-electron chi connectivity index (χ1n) is 14.4. The van der Waals surface area contributed by atoms with Crippen LogP contribution in [0.5, 0.6) is 0 Å². The molecule has 2 aromatic carbocycles. The molecule has 0 aromatic heterocycles. The fourth-order valence-corrected chi connectivity index (χ4v) is 6.21. The lowest BCUT2D eigenvalue weighted by Crippen LogP contribution is -2.53. The summed E-state index contributed by atoms with van der Waals surface area (Å²) in [6.45, 7) is 0.359. The number of rotatable bonds is 10. The van der Waals surface area contributed by atoms with Crippen LogP contribution in [-0.4, -0.2) is 23.7 Å². The topological polar surface area (TPSA) is 132 Å². The van der Waals surface area contributed by atoms with Crippen molar-refractivity contribution >= 4 is 30.1 Å². The number of hydrogen-bond acceptors (Lipinski definition) is 4. The quantitative estimate of drug-likeness (QED) is 0.228. The van der Waals surface area contributed by atoms with Gasteiger partial charge in [0.25, 0.3) is 0 Å². The third-order valence-corrected chi connectivity index (χ3v) is 8.53. The minimum atomic E-state index is -0.553. The van der Waals surface area contributed by atoms with Crippen molar-refractivity contribution in [3.63, 3.8) is 0 Å². The lowest BCUT2D eigenvalue weighted by Gasteiger charge is -2.34. The Balaban J connectivity index is 0.00000441. The van der Waals surface area contributed by atoms with Crippen LogP contribution in [0.1, 0.15) is 86.5 Å². The third-order valence-electron chi connectivity index (χ3n) is 8.53. The number of benzene rings is 2. The van der Waals surface area contributed by atoms with E-state index in [4.69, 9.17) is 16.4 Å². The maximum atomic E-state index is 13.9. The number of nitrogen functional groups attached to an aromatic ring is 1. The standard InChI is InChI=1S/C32H41N5O2.ClH/c33-20-23-11-13-24(14-12-23)21-36-32(39)29(26-9-5-2-6-10-26)37-31(38)28(25-7-3-1-4-8-25)19-22-15-17-27(18-16-22)30(34)35;/h11-18,25-26,28-29H,1-10,19,21H2,(H3,34,35)(H,36,39)(H,37,38);1H/t28?,29-;/m0./s1. The summed E-state index contributed by atoms with van der Waals surface area (Å²) in [5.41, 5.74) is 8.86. The van der Waals surface area contributed by atoms with E-state index in [1.165, 1.54) is 12.8 Å². The SMILES string of the molecule is Cl.N#Cc1ccc(CNC(=O)[C@@H](NC(=O)C(Cc2ccc(C(=N)N)cc2)C2CCCCC2)C2CCCCC2)cc1. The monoisotopic (exact) mass is 563 g/mol. The average molecular weight is 564 g/mol. The van der Waals surface area contributed by atoms with Crippen LogP contribution >= 0.6 is 12.4 Å². The van der Waals surface area contributed by atoms with Gasteiger partial charge in [-0.3, -0.25) is 15.0 Å². The minimum absolute atomic E-state index is 0. The smallest absolute Gasteiger partial charge is 0.243 e. The number of nitrogens with zero attached hydrogens (tertiary/aromatic N) is 1. The Morgan fingerprint density at radius 2 is 1.40 bits per heavy atom. The highest BCUT2D eigenvalue weighted by Gasteiger charge is 2.35. The van der Waals surface area contributed by atoms with Crippen LogP contribution in [0.25, 0.3) is 0 Å². The van der Waals surface area contributed by atoms with Crippen molar-refractivity contribution < 1.29 is 9.59 Å². The van der Waals surface area contributed by atoms with Crippen LogP contribution in [0.3, 0.4) is 0 Å². The summed E-state index contributed by atoms with van der Waals surface area (Å²) in [4.78, 5) is 27.5. The van der Waals surface area contributed by atoms with E-state index in [1.807, 2.05) is 36.4 Å². The van der Waals surface area contributed by atoms with Gasteiger partial charge >= 0.3 is 0 Å². The second-order valence-electron chi connectivity index (χ2n) is 11.2. The van der Waals surface area contributed by atoms with Gasteiger partial charge in [0, 0.05) is 18.0 Å². The number of nitrogens with one attached hydrogen (secondary N) is 3. The number of nitrogens with two attached hydrogens (primary N) is 1. The first kappa shape index (κ1) is 31.2. The van der Waals surface area contributed by atoms with Crippen LogP contribution < -0.4 is 16.4 Å². The molecule has 2 aliphatic rings. The van der Waals surface area contributed by atoms with Gasteiger partial charge in [0.1, 0.15) is 11.9 Å². The molecule has 0 aliphatic heterocycles. The van der Waals surface area contributed by atoms with Crippen molar-refractivity contribution in [3.8, 4) is 6.07 Å². The third kappa shape index (κ3) is 8.56. The van der Waals surface area contributed by atoms with Gasteiger partial charge in [-0.1, -0.05) is 74.9 Å². The molecule has 0 spiro atoms. The van der Waals surface area contributed by atoms with E-state index >= 15 is 0 Å². The number of nitriles is 1. The molecular weight excluding hydrogens is 522 g/mol. The predicted octanol–water partition coefficient (Wildman–Crippen LogP) is 5.38. The summed E-state index contributed by atoms with van der Waals surface area (Å²) in [6, 6.07) is 16.4. The lowest BCUT2D eigenvalue weighted by molar-refractivity contribution is -0.134. The molecule has 2 aliphatic carbocycles. The Morgan fingerprint density at radius 3 is 1.95 bits per heavy atom. The van der Waals surface area contributed by atoms with Crippen molar-refractivity contribution in [1.29, 1.82) is 10.7 Å². The van der Waals surface area contributed by atoms with E-state index in [1.54, 1.807) is 12.1 Å². The van der Waals surface area contributed by atoms with Gasteiger partial charge in [-0.2, -0.15) is 5.26 Å². The number of amides is 2. The van der Waals surface area contributed by atoms with Crippen LogP contribution in [0, 0.1) is 34.5 Å². The zero-order valence-electron chi connectivity index (χ0n) is 23.2. The molecule has 7 nitrogen and oxygen atoms in total. The van der Waals surface area contributed by atoms with E-state index in [2.05, 4.69) is 16.7 Å². The van der Waals surface area contributed by atoms with Crippen LogP contribution in [0.2, 0.25) is 0 Å². The van der Waals surface area contributed by atoms with E-state index in [9.17, 15) is 9.59 Å². The van der Waals surface area contributed by atoms with Gasteiger partial charge in [-0.15, -0.1) is 12.4 Å². The van der Waals surface area contributed by atoms with Gasteiger partial charge in [0.05, 0.1) is 11.6 Å². The molecule has 40 heavy (non-hydrogen) atoms. The average Bonchev–Trinajstić information content (AvgIpc) is 2.98. The van der Waals surface area contributed by atoms with Crippen LogP contribution in [0.15, 0.2) is 48.5 Å². The summed E-state index contributed by atoms with van der Waals surface area (Å²) in [6.07, 6.45) is 11.4. The molecule has 2 atom stereocenters. The fourth-order valence-electron chi connectivity index (χ4n) is 6.21. The Kier molecular flexibility index (Phi) is 12.0. The van der Waals surface area contributed by atoms with Crippen LogP contribution in [-0.2, 0) is 22.6 Å². The summed E-state index contributed by atoms with van der Waals surface area (Å²) in [5.74, 6) is 0.0938. The second-order valence-corrected chi connectivity index (χ2v) is 11.2. The van der Waals surface area contributed by atoms with E-state index in [0.29, 0.717) is 30.0 Å². The largest absolute Gasteiger partial charge is 0.384 e. The fraction of sp³-hybridized carbons (Fsp3) is 0.500. The molecule has 0 bridgehead atoms. The van der Waals surface area contributed by atoms with Gasteiger partial charge in [-0.05, 0) is 67.2 Å². The van der Waals surface area contributed by atoms with E-state index < -0.39 is 6.04 Å². The van der Waals surface area contributed by atoms with E-state index in [0.717, 1.165) is 62.5 Å². The first-order valence-corrected chi connectivity index (χ1v) is 14.4. The molecular formula is C32H42ClN5O2.